The maximum atomic E-state index is 13.4. The van der Waals surface area contributed by atoms with Crippen LogP contribution in [0.2, 0.25) is 0 Å². The van der Waals surface area contributed by atoms with E-state index in [9.17, 15) is 29.1 Å². The number of unbranched alkanes of at least 4 members (excludes halogenated alkanes) is 4. The van der Waals surface area contributed by atoms with Crippen LogP contribution in [0.5, 0.6) is 5.75 Å². The summed E-state index contributed by atoms with van der Waals surface area (Å²) in [6, 6.07) is 2.87. The number of fused-ring (bicyclic) bond motifs is 1. The lowest BCUT2D eigenvalue weighted by molar-refractivity contribution is -0.929. The van der Waals surface area contributed by atoms with Gasteiger partial charge in [-0.25, -0.2) is 9.59 Å². The SMILES string of the molecule is CCCC[N+](CCCC)(CCCC)CCCC.CCOC(=O)Oc1ccc(C(NC(C)=CC(=O)OC)C(=O)N[C@@H]2C(=O)N3[C@@H]2SC(C)(C)[C@@H]3C(=O)[O-])cc1. The highest BCUT2D eigenvalue weighted by atomic mass is 32.2. The van der Waals surface area contributed by atoms with Crippen molar-refractivity contribution in [3.05, 3.63) is 41.6 Å². The van der Waals surface area contributed by atoms with Gasteiger partial charge in [-0.1, -0.05) is 65.5 Å². The third-order valence-electron chi connectivity index (χ3n) is 9.75. The zero-order chi connectivity index (χ0) is 40.5. The Morgan fingerprint density at radius 1 is 0.926 bits per heavy atom. The number of rotatable bonds is 21. The van der Waals surface area contributed by atoms with Crippen LogP contribution in [0.3, 0.4) is 0 Å². The van der Waals surface area contributed by atoms with Crippen LogP contribution < -0.4 is 20.5 Å². The summed E-state index contributed by atoms with van der Waals surface area (Å²) < 4.78 is 15.0. The van der Waals surface area contributed by atoms with Gasteiger partial charge in [-0.15, -0.1) is 11.8 Å². The Bertz CT molecular complexity index is 1380. The van der Waals surface area contributed by atoms with Crippen molar-refractivity contribution in [3.8, 4) is 5.75 Å². The summed E-state index contributed by atoms with van der Waals surface area (Å²) in [6.45, 7) is 21.8. The average molecular weight is 777 g/mol. The van der Waals surface area contributed by atoms with E-state index >= 15 is 0 Å². The summed E-state index contributed by atoms with van der Waals surface area (Å²) in [4.78, 5) is 62.2. The Labute approximate surface area is 326 Å². The van der Waals surface area contributed by atoms with Gasteiger partial charge in [0.05, 0.1) is 51.9 Å². The van der Waals surface area contributed by atoms with Crippen molar-refractivity contribution >= 4 is 41.7 Å². The minimum Gasteiger partial charge on any atom is -0.548 e. The smallest absolute Gasteiger partial charge is 0.513 e. The van der Waals surface area contributed by atoms with Gasteiger partial charge in [-0.05, 0) is 71.1 Å². The van der Waals surface area contributed by atoms with Crippen molar-refractivity contribution in [2.45, 2.75) is 135 Å². The number of thioether (sulfide) groups is 1. The minimum absolute atomic E-state index is 0.145. The Kier molecular flexibility index (Phi) is 19.4. The molecular weight excluding hydrogens is 713 g/mol. The molecule has 0 bridgehead atoms. The zero-order valence-corrected chi connectivity index (χ0v) is 34.7. The second kappa shape index (κ2) is 22.6. The van der Waals surface area contributed by atoms with Crippen LogP contribution in [0.4, 0.5) is 4.79 Å². The molecule has 4 atom stereocenters. The molecular formula is C40H64N4O9S. The van der Waals surface area contributed by atoms with Gasteiger partial charge in [-0.3, -0.25) is 9.59 Å². The first kappa shape index (κ1) is 46.4. The Morgan fingerprint density at radius 2 is 1.44 bits per heavy atom. The molecule has 2 aliphatic heterocycles. The fraction of sp³-hybridized carbons (Fsp3) is 0.675. The maximum Gasteiger partial charge on any atom is 0.513 e. The predicted octanol–water partition coefficient (Wildman–Crippen LogP) is 5.23. The number of hydrogen-bond donors (Lipinski definition) is 2. The molecule has 2 N–H and O–H groups in total. The number of carbonyl (C=O) groups excluding carboxylic acids is 5. The van der Waals surface area contributed by atoms with E-state index in [1.165, 1.54) is 130 Å². The number of nitrogens with one attached hydrogen (secondary N) is 2. The van der Waals surface area contributed by atoms with Crippen LogP contribution in [0.1, 0.15) is 118 Å². The minimum atomic E-state index is -1.36. The van der Waals surface area contributed by atoms with Crippen LogP contribution >= 0.6 is 11.8 Å². The van der Waals surface area contributed by atoms with Gasteiger partial charge >= 0.3 is 12.1 Å². The first-order valence-corrected chi connectivity index (χ1v) is 20.4. The molecule has 304 valence electrons. The molecule has 54 heavy (non-hydrogen) atoms. The predicted molar refractivity (Wildman–Crippen MR) is 208 cm³/mol. The normalized spacial score (nSPS) is 19.4. The lowest BCUT2D eigenvalue weighted by atomic mass is 9.95. The van der Waals surface area contributed by atoms with Crippen LogP contribution in [0.15, 0.2) is 36.0 Å². The van der Waals surface area contributed by atoms with Gasteiger partial charge in [0.25, 0.3) is 0 Å². The van der Waals surface area contributed by atoms with Crippen molar-refractivity contribution in [2.75, 3.05) is 39.9 Å². The lowest BCUT2D eigenvalue weighted by Gasteiger charge is -2.45. The van der Waals surface area contributed by atoms with Gasteiger partial charge in [0.2, 0.25) is 11.8 Å². The molecule has 0 spiro atoms. The van der Waals surface area contributed by atoms with E-state index in [0.717, 1.165) is 6.08 Å². The number of aliphatic carboxylic acids is 1. The second-order valence-corrected chi connectivity index (χ2v) is 16.3. The molecule has 1 unspecified atom stereocenters. The molecule has 3 rings (SSSR count). The quantitative estimate of drug-likeness (QED) is 0.0553. The summed E-state index contributed by atoms with van der Waals surface area (Å²) in [5.41, 5.74) is 0.746. The molecule has 13 nitrogen and oxygen atoms in total. The molecule has 0 aromatic heterocycles. The summed E-state index contributed by atoms with van der Waals surface area (Å²) in [6.07, 6.45) is 11.3. The first-order valence-electron chi connectivity index (χ1n) is 19.5. The number of β-lactam (4-membered cyclic amide) rings is 1. The number of methoxy groups -OCH3 is 1. The topological polar surface area (TPSA) is 163 Å². The standard InChI is InChI=1S/C24H29N3O9S.C16H36N/c1-6-35-23(33)36-14-9-7-13(8-10-14)16(25-12(2)11-15(28)34-5)19(29)26-17-20(30)27-18(22(31)32)24(3,4)37-21(17)27;1-5-9-13-17(14-10-6-2,15-11-7-3)16-12-8-4/h7-11,16-18,21,25H,6H2,1-5H3,(H,26,29)(H,31,32);5-16H2,1-4H3/q;+1/p-1/t16?,17-,18+,21-;/m1./s1. The number of carbonyl (C=O) groups is 5. The lowest BCUT2D eigenvalue weighted by Crippen LogP contribution is -2.72. The number of benzene rings is 1. The second-order valence-electron chi connectivity index (χ2n) is 14.5. The highest BCUT2D eigenvalue weighted by molar-refractivity contribution is 8.01. The molecule has 14 heteroatoms. The number of hydrogen-bond acceptors (Lipinski definition) is 11. The summed E-state index contributed by atoms with van der Waals surface area (Å²) in [5, 5.41) is 16.7. The van der Waals surface area contributed by atoms with Gasteiger partial charge in [0.1, 0.15) is 23.2 Å². The van der Waals surface area contributed by atoms with E-state index < -0.39 is 58.2 Å². The van der Waals surface area contributed by atoms with Crippen molar-refractivity contribution in [2.24, 2.45) is 0 Å². The summed E-state index contributed by atoms with van der Waals surface area (Å²) >= 11 is 1.27. The molecule has 2 heterocycles. The number of esters is 1. The van der Waals surface area contributed by atoms with E-state index in [1.54, 1.807) is 27.7 Å². The number of carboxylic acids is 1. The highest BCUT2D eigenvalue weighted by Gasteiger charge is 2.62. The molecule has 0 radical (unpaired) electrons. The van der Waals surface area contributed by atoms with E-state index in [2.05, 4.69) is 43.1 Å². The van der Waals surface area contributed by atoms with Crippen molar-refractivity contribution in [3.63, 3.8) is 0 Å². The number of allylic oxidation sites excluding steroid dienone is 1. The Hall–Kier alpha value is -3.78. The van der Waals surface area contributed by atoms with Gasteiger partial charge in [0.15, 0.2) is 0 Å². The molecule has 0 aliphatic carbocycles. The number of carboxylic acid groups (broad SMARTS) is 1. The van der Waals surface area contributed by atoms with Gasteiger partial charge < -0.3 is 44.1 Å². The van der Waals surface area contributed by atoms with Crippen molar-refractivity contribution in [1.29, 1.82) is 0 Å². The number of quaternary nitrogens is 1. The van der Waals surface area contributed by atoms with E-state index in [1.807, 2.05) is 0 Å². The molecule has 2 saturated heterocycles. The van der Waals surface area contributed by atoms with E-state index in [-0.39, 0.29) is 12.4 Å². The molecule has 2 fully saturated rings. The van der Waals surface area contributed by atoms with Crippen molar-refractivity contribution in [1.82, 2.24) is 15.5 Å². The third-order valence-corrected chi connectivity index (χ3v) is 11.3. The zero-order valence-electron chi connectivity index (χ0n) is 33.9. The van der Waals surface area contributed by atoms with E-state index in [0.29, 0.717) is 11.3 Å². The number of amides is 2. The van der Waals surface area contributed by atoms with Gasteiger partial charge in [0, 0.05) is 16.5 Å². The fourth-order valence-corrected chi connectivity index (χ4v) is 8.41. The average Bonchev–Trinajstić information content (AvgIpc) is 3.40. The maximum absolute atomic E-state index is 13.4. The largest absolute Gasteiger partial charge is 0.548 e. The molecule has 2 aliphatic rings. The summed E-state index contributed by atoms with van der Waals surface area (Å²) in [5.74, 6) is -2.92. The summed E-state index contributed by atoms with van der Waals surface area (Å²) in [7, 11) is 1.22. The fourth-order valence-electron chi connectivity index (χ4n) is 6.79. The van der Waals surface area contributed by atoms with Crippen LogP contribution in [-0.4, -0.2) is 101 Å². The Balaban J connectivity index is 0.000000500. The first-order chi connectivity index (χ1) is 25.6. The van der Waals surface area contributed by atoms with E-state index in [4.69, 9.17) is 9.47 Å². The monoisotopic (exact) mass is 776 g/mol. The van der Waals surface area contributed by atoms with Crippen LogP contribution in [-0.2, 0) is 28.7 Å². The number of nitrogens with zero attached hydrogens (tertiary/aromatic N) is 2. The van der Waals surface area contributed by atoms with Crippen LogP contribution in [0.25, 0.3) is 0 Å². The third kappa shape index (κ3) is 13.2. The molecule has 1 aromatic carbocycles. The highest BCUT2D eigenvalue weighted by Crippen LogP contribution is 2.50. The molecule has 2 amide bonds. The van der Waals surface area contributed by atoms with Gasteiger partial charge in [-0.2, -0.15) is 0 Å². The molecule has 1 aromatic rings. The Morgan fingerprint density at radius 3 is 1.89 bits per heavy atom. The molecule has 0 saturated carbocycles. The van der Waals surface area contributed by atoms with Crippen molar-refractivity contribution < 1.29 is 47.8 Å². The van der Waals surface area contributed by atoms with Crippen LogP contribution in [0, 0.1) is 0 Å². The number of ether oxygens (including phenoxy) is 3.